The molecule has 22 heavy (non-hydrogen) atoms. The summed E-state index contributed by atoms with van der Waals surface area (Å²) in [5, 5.41) is 11.7. The van der Waals surface area contributed by atoms with Gasteiger partial charge in [-0.15, -0.1) is 0 Å². The lowest BCUT2D eigenvalue weighted by atomic mass is 9.99. The molecule has 1 atom stereocenters. The van der Waals surface area contributed by atoms with Crippen molar-refractivity contribution in [2.75, 3.05) is 0 Å². The van der Waals surface area contributed by atoms with Crippen molar-refractivity contribution in [3.63, 3.8) is 0 Å². The van der Waals surface area contributed by atoms with Crippen molar-refractivity contribution in [3.05, 3.63) is 59.2 Å². The first kappa shape index (κ1) is 14.3. The molecule has 0 bridgehead atoms. The van der Waals surface area contributed by atoms with Crippen LogP contribution in [0.15, 0.2) is 42.5 Å². The van der Waals surface area contributed by atoms with Crippen molar-refractivity contribution in [2.45, 2.75) is 25.8 Å². The van der Waals surface area contributed by atoms with Gasteiger partial charge in [-0.25, -0.2) is 4.79 Å². The van der Waals surface area contributed by atoms with Gasteiger partial charge in [0.1, 0.15) is 6.04 Å². The Hall–Kier alpha value is -2.62. The van der Waals surface area contributed by atoms with Gasteiger partial charge in [-0.05, 0) is 34.2 Å². The van der Waals surface area contributed by atoms with E-state index in [4.69, 9.17) is 0 Å². The number of rotatable bonds is 4. The molecule has 3 rings (SSSR count). The monoisotopic (exact) mass is 295 g/mol. The summed E-state index contributed by atoms with van der Waals surface area (Å²) in [7, 11) is 0. The predicted octanol–water partition coefficient (Wildman–Crippen LogP) is 2.39. The topological polar surface area (TPSA) is 66.4 Å². The van der Waals surface area contributed by atoms with Gasteiger partial charge < -0.3 is 10.4 Å². The minimum absolute atomic E-state index is 0.282. The van der Waals surface area contributed by atoms with E-state index in [-0.39, 0.29) is 12.3 Å². The van der Waals surface area contributed by atoms with Crippen LogP contribution in [0.2, 0.25) is 0 Å². The van der Waals surface area contributed by atoms with Crippen LogP contribution in [0.4, 0.5) is 0 Å². The number of nitrogens with one attached hydrogen (secondary N) is 1. The average molecular weight is 295 g/mol. The van der Waals surface area contributed by atoms with Crippen LogP contribution < -0.4 is 5.32 Å². The van der Waals surface area contributed by atoms with Gasteiger partial charge in [0.05, 0.1) is 0 Å². The SMILES string of the molecule is CC(=O)N[C@@H](Cc1ccc2c(c1)-c1ccccc1C2)C(=O)O. The first-order chi connectivity index (χ1) is 10.5. The third kappa shape index (κ3) is 2.72. The van der Waals surface area contributed by atoms with Crippen LogP contribution in [0.1, 0.15) is 23.6 Å². The Morgan fingerprint density at radius 3 is 2.59 bits per heavy atom. The molecule has 0 heterocycles. The highest BCUT2D eigenvalue weighted by molar-refractivity contribution is 5.82. The molecule has 112 valence electrons. The van der Waals surface area contributed by atoms with Gasteiger partial charge in [0.2, 0.25) is 5.91 Å². The van der Waals surface area contributed by atoms with E-state index in [9.17, 15) is 14.7 Å². The lowest BCUT2D eigenvalue weighted by Gasteiger charge is -2.14. The Kier molecular flexibility index (Phi) is 3.67. The van der Waals surface area contributed by atoms with E-state index in [2.05, 4.69) is 23.5 Å². The van der Waals surface area contributed by atoms with Crippen molar-refractivity contribution in [1.29, 1.82) is 0 Å². The molecule has 0 unspecified atom stereocenters. The number of hydrogen-bond acceptors (Lipinski definition) is 2. The first-order valence-corrected chi connectivity index (χ1v) is 7.24. The fourth-order valence-corrected chi connectivity index (χ4v) is 2.98. The van der Waals surface area contributed by atoms with Gasteiger partial charge in [-0.3, -0.25) is 4.79 Å². The summed E-state index contributed by atoms with van der Waals surface area (Å²) in [6.45, 7) is 1.33. The number of amides is 1. The van der Waals surface area contributed by atoms with E-state index in [1.165, 1.54) is 29.2 Å². The summed E-state index contributed by atoms with van der Waals surface area (Å²) in [6.07, 6.45) is 1.20. The van der Waals surface area contributed by atoms with Crippen LogP contribution in [0.5, 0.6) is 0 Å². The standard InChI is InChI=1S/C18H17NO3/c1-11(20)19-17(18(21)22)9-12-6-7-14-10-13-4-2-3-5-15(13)16(14)8-12/h2-8,17H,9-10H2,1H3,(H,19,20)(H,21,22)/t17-/m0/s1. The van der Waals surface area contributed by atoms with Crippen molar-refractivity contribution >= 4 is 11.9 Å². The molecule has 1 aliphatic rings. The van der Waals surface area contributed by atoms with Gasteiger partial charge in [0.25, 0.3) is 0 Å². The normalized spacial score (nSPS) is 13.1. The molecule has 0 aliphatic heterocycles. The molecule has 2 aromatic rings. The maximum absolute atomic E-state index is 11.3. The van der Waals surface area contributed by atoms with Crippen LogP contribution in [0, 0.1) is 0 Å². The lowest BCUT2D eigenvalue weighted by molar-refractivity contribution is -0.141. The van der Waals surface area contributed by atoms with Gasteiger partial charge in [0.15, 0.2) is 0 Å². The van der Waals surface area contributed by atoms with E-state index in [0.717, 1.165) is 12.0 Å². The highest BCUT2D eigenvalue weighted by atomic mass is 16.4. The number of carboxylic acid groups (broad SMARTS) is 1. The van der Waals surface area contributed by atoms with E-state index >= 15 is 0 Å². The molecule has 1 amide bonds. The van der Waals surface area contributed by atoms with E-state index in [1.807, 2.05) is 24.3 Å². The van der Waals surface area contributed by atoms with Crippen molar-refractivity contribution in [1.82, 2.24) is 5.32 Å². The Bertz CT molecular complexity index is 752. The summed E-state index contributed by atoms with van der Waals surface area (Å²) in [5.74, 6) is -1.35. The molecule has 2 N–H and O–H groups in total. The second kappa shape index (κ2) is 5.64. The molecule has 4 heteroatoms. The molecule has 2 aromatic carbocycles. The summed E-state index contributed by atoms with van der Waals surface area (Å²) in [4.78, 5) is 22.4. The number of carboxylic acids is 1. The highest BCUT2D eigenvalue weighted by Crippen LogP contribution is 2.36. The number of benzene rings is 2. The molecule has 0 fully saturated rings. The third-order valence-electron chi connectivity index (χ3n) is 3.98. The number of carbonyl (C=O) groups is 2. The maximum Gasteiger partial charge on any atom is 0.326 e. The summed E-state index contributed by atoms with van der Waals surface area (Å²) < 4.78 is 0. The Morgan fingerprint density at radius 1 is 1.14 bits per heavy atom. The molecule has 0 spiro atoms. The molecule has 0 saturated heterocycles. The second-order valence-corrected chi connectivity index (χ2v) is 5.62. The largest absolute Gasteiger partial charge is 0.480 e. The van der Waals surface area contributed by atoms with Crippen LogP contribution in [0.3, 0.4) is 0 Å². The minimum Gasteiger partial charge on any atom is -0.480 e. The Labute approximate surface area is 128 Å². The highest BCUT2D eigenvalue weighted by Gasteiger charge is 2.21. The van der Waals surface area contributed by atoms with Crippen molar-refractivity contribution < 1.29 is 14.7 Å². The van der Waals surface area contributed by atoms with Gasteiger partial charge in [-0.1, -0.05) is 42.5 Å². The fraction of sp³-hybridized carbons (Fsp3) is 0.222. The molecule has 0 aromatic heterocycles. The molecule has 4 nitrogen and oxygen atoms in total. The zero-order valence-electron chi connectivity index (χ0n) is 12.3. The first-order valence-electron chi connectivity index (χ1n) is 7.24. The number of aliphatic carboxylic acids is 1. The summed E-state index contributed by atoms with van der Waals surface area (Å²) >= 11 is 0. The molecular formula is C18H17NO3. The maximum atomic E-state index is 11.3. The zero-order valence-corrected chi connectivity index (χ0v) is 12.3. The van der Waals surface area contributed by atoms with Gasteiger partial charge >= 0.3 is 5.97 Å². The quantitative estimate of drug-likeness (QED) is 0.776. The van der Waals surface area contributed by atoms with Gasteiger partial charge in [0, 0.05) is 13.3 Å². The van der Waals surface area contributed by atoms with Crippen LogP contribution in [-0.2, 0) is 22.4 Å². The van der Waals surface area contributed by atoms with Crippen molar-refractivity contribution in [2.24, 2.45) is 0 Å². The van der Waals surface area contributed by atoms with E-state index in [1.54, 1.807) is 0 Å². The van der Waals surface area contributed by atoms with E-state index in [0.29, 0.717) is 0 Å². The molecule has 0 radical (unpaired) electrons. The smallest absolute Gasteiger partial charge is 0.326 e. The lowest BCUT2D eigenvalue weighted by Crippen LogP contribution is -2.41. The van der Waals surface area contributed by atoms with Crippen molar-refractivity contribution in [3.8, 4) is 11.1 Å². The number of carbonyl (C=O) groups excluding carboxylic acids is 1. The Balaban J connectivity index is 1.89. The van der Waals surface area contributed by atoms with E-state index < -0.39 is 12.0 Å². The third-order valence-corrected chi connectivity index (χ3v) is 3.98. The predicted molar refractivity (Wildman–Crippen MR) is 83.6 cm³/mol. The summed E-state index contributed by atoms with van der Waals surface area (Å²) in [5.41, 5.74) is 5.85. The fourth-order valence-electron chi connectivity index (χ4n) is 2.98. The number of fused-ring (bicyclic) bond motifs is 3. The van der Waals surface area contributed by atoms with Crippen LogP contribution >= 0.6 is 0 Å². The zero-order chi connectivity index (χ0) is 15.7. The van der Waals surface area contributed by atoms with Gasteiger partial charge in [-0.2, -0.15) is 0 Å². The second-order valence-electron chi connectivity index (χ2n) is 5.62. The van der Waals surface area contributed by atoms with Crippen LogP contribution in [-0.4, -0.2) is 23.0 Å². The average Bonchev–Trinajstić information content (AvgIpc) is 2.84. The van der Waals surface area contributed by atoms with Crippen LogP contribution in [0.25, 0.3) is 11.1 Å². The molecule has 0 saturated carbocycles. The number of hydrogen-bond donors (Lipinski definition) is 2. The molecular weight excluding hydrogens is 278 g/mol. The minimum atomic E-state index is -1.02. The Morgan fingerprint density at radius 2 is 1.86 bits per heavy atom. The molecule has 1 aliphatic carbocycles. The summed E-state index contributed by atoms with van der Waals surface area (Å²) in [6, 6.07) is 13.4.